The quantitative estimate of drug-likeness (QED) is 0.629. The highest BCUT2D eigenvalue weighted by atomic mass is 32.2. The highest BCUT2D eigenvalue weighted by Gasteiger charge is 2.16. The Morgan fingerprint density at radius 3 is 3.06 bits per heavy atom. The van der Waals surface area contributed by atoms with Gasteiger partial charge < -0.3 is 11.1 Å². The third-order valence-electron chi connectivity index (χ3n) is 2.63. The molecule has 0 amide bonds. The minimum Gasteiger partial charge on any atom is -0.378 e. The van der Waals surface area contributed by atoms with E-state index in [1.54, 1.807) is 6.07 Å². The van der Waals surface area contributed by atoms with E-state index in [4.69, 9.17) is 5.73 Å². The minimum atomic E-state index is -0.529. The number of hydrogen-bond donors (Lipinski definition) is 2. The molecule has 2 rings (SSSR count). The lowest BCUT2D eigenvalue weighted by Gasteiger charge is -2.10. The first-order chi connectivity index (χ1) is 8.16. The average Bonchev–Trinajstić information content (AvgIpc) is 2.78. The van der Waals surface area contributed by atoms with Gasteiger partial charge in [-0.15, -0.1) is 0 Å². The van der Waals surface area contributed by atoms with Crippen LogP contribution in [0.25, 0.3) is 0 Å². The normalized spacial score (nSPS) is 19.2. The van der Waals surface area contributed by atoms with Crippen LogP contribution in [0, 0.1) is 10.1 Å². The second-order valence-electron chi connectivity index (χ2n) is 3.87. The largest absolute Gasteiger partial charge is 0.378 e. The van der Waals surface area contributed by atoms with Crippen LogP contribution >= 0.6 is 11.8 Å². The van der Waals surface area contributed by atoms with Gasteiger partial charge in [0.05, 0.1) is 4.92 Å². The van der Waals surface area contributed by atoms with Crippen molar-refractivity contribution in [3.63, 3.8) is 0 Å². The van der Waals surface area contributed by atoms with Crippen molar-refractivity contribution in [1.82, 2.24) is 4.98 Å². The highest BCUT2D eigenvalue weighted by molar-refractivity contribution is 8.00. The zero-order chi connectivity index (χ0) is 12.3. The number of nitrogens with one attached hydrogen (secondary N) is 1. The standard InChI is InChI=1S/C10H14N4O2S/c11-10-8(14(15)16)3-4-9(13-10)12-6-7-2-1-5-17-7/h3-4,7H,1-2,5-6H2,(H3,11,12,13). The van der Waals surface area contributed by atoms with Gasteiger partial charge >= 0.3 is 5.69 Å². The van der Waals surface area contributed by atoms with Crippen molar-refractivity contribution in [3.05, 3.63) is 22.2 Å². The van der Waals surface area contributed by atoms with Gasteiger partial charge in [0, 0.05) is 17.9 Å². The van der Waals surface area contributed by atoms with Crippen LogP contribution in [-0.4, -0.2) is 27.5 Å². The molecule has 1 aromatic heterocycles. The molecule has 1 saturated heterocycles. The topological polar surface area (TPSA) is 94.1 Å². The van der Waals surface area contributed by atoms with Crippen molar-refractivity contribution in [2.24, 2.45) is 0 Å². The maximum Gasteiger partial charge on any atom is 0.311 e. The van der Waals surface area contributed by atoms with E-state index in [0.29, 0.717) is 11.1 Å². The Bertz CT molecular complexity index is 421. The molecule has 2 heterocycles. The molecule has 0 aliphatic carbocycles. The molecule has 1 unspecified atom stereocenters. The molecule has 1 fully saturated rings. The molecule has 1 aliphatic rings. The van der Waals surface area contributed by atoms with E-state index in [1.807, 2.05) is 11.8 Å². The highest BCUT2D eigenvalue weighted by Crippen LogP contribution is 2.26. The van der Waals surface area contributed by atoms with Crippen LogP contribution in [0.3, 0.4) is 0 Å². The van der Waals surface area contributed by atoms with Crippen molar-refractivity contribution in [3.8, 4) is 0 Å². The van der Waals surface area contributed by atoms with Crippen molar-refractivity contribution >= 4 is 29.1 Å². The van der Waals surface area contributed by atoms with Gasteiger partial charge in [0.25, 0.3) is 0 Å². The van der Waals surface area contributed by atoms with E-state index in [2.05, 4.69) is 10.3 Å². The van der Waals surface area contributed by atoms with E-state index in [9.17, 15) is 10.1 Å². The Hall–Kier alpha value is -1.50. The summed E-state index contributed by atoms with van der Waals surface area (Å²) in [7, 11) is 0. The van der Waals surface area contributed by atoms with Gasteiger partial charge in [0.2, 0.25) is 5.82 Å². The van der Waals surface area contributed by atoms with Gasteiger partial charge in [-0.3, -0.25) is 10.1 Å². The summed E-state index contributed by atoms with van der Waals surface area (Å²) < 4.78 is 0. The summed E-state index contributed by atoms with van der Waals surface area (Å²) in [4.78, 5) is 14.0. The molecule has 17 heavy (non-hydrogen) atoms. The molecule has 0 radical (unpaired) electrons. The number of nitrogen functional groups attached to an aromatic ring is 1. The molecule has 1 aromatic rings. The Morgan fingerprint density at radius 2 is 2.47 bits per heavy atom. The van der Waals surface area contributed by atoms with E-state index in [0.717, 1.165) is 6.54 Å². The fourth-order valence-corrected chi connectivity index (χ4v) is 2.95. The van der Waals surface area contributed by atoms with Crippen molar-refractivity contribution < 1.29 is 4.92 Å². The SMILES string of the molecule is Nc1nc(NCC2CCCS2)ccc1[N+](=O)[O-]. The van der Waals surface area contributed by atoms with E-state index in [-0.39, 0.29) is 11.5 Å². The van der Waals surface area contributed by atoms with E-state index < -0.39 is 4.92 Å². The summed E-state index contributed by atoms with van der Waals surface area (Å²) in [6.07, 6.45) is 2.47. The summed E-state index contributed by atoms with van der Waals surface area (Å²) in [5, 5.41) is 14.3. The van der Waals surface area contributed by atoms with E-state index >= 15 is 0 Å². The van der Waals surface area contributed by atoms with Crippen LogP contribution in [0.15, 0.2) is 12.1 Å². The summed E-state index contributed by atoms with van der Waals surface area (Å²) in [5.74, 6) is 1.77. The molecule has 92 valence electrons. The Labute approximate surface area is 103 Å². The molecule has 0 saturated carbocycles. The fraction of sp³-hybridized carbons (Fsp3) is 0.500. The second kappa shape index (κ2) is 5.22. The summed E-state index contributed by atoms with van der Waals surface area (Å²) in [6, 6.07) is 2.97. The second-order valence-corrected chi connectivity index (χ2v) is 5.28. The van der Waals surface area contributed by atoms with Crippen LogP contribution < -0.4 is 11.1 Å². The molecule has 0 spiro atoms. The molecular weight excluding hydrogens is 240 g/mol. The maximum absolute atomic E-state index is 10.6. The molecule has 1 atom stereocenters. The van der Waals surface area contributed by atoms with Crippen molar-refractivity contribution in [1.29, 1.82) is 0 Å². The molecule has 6 nitrogen and oxygen atoms in total. The zero-order valence-corrected chi connectivity index (χ0v) is 10.1. The van der Waals surface area contributed by atoms with Crippen molar-refractivity contribution in [2.75, 3.05) is 23.3 Å². The maximum atomic E-state index is 10.6. The van der Waals surface area contributed by atoms with Gasteiger partial charge in [0.1, 0.15) is 5.82 Å². The number of pyridine rings is 1. The fourth-order valence-electron chi connectivity index (χ4n) is 1.74. The van der Waals surface area contributed by atoms with Gasteiger partial charge in [-0.1, -0.05) is 0 Å². The first-order valence-corrected chi connectivity index (χ1v) is 6.48. The van der Waals surface area contributed by atoms with Gasteiger partial charge in [0.15, 0.2) is 0 Å². The Morgan fingerprint density at radius 1 is 1.65 bits per heavy atom. The molecule has 7 heteroatoms. The lowest BCUT2D eigenvalue weighted by molar-refractivity contribution is -0.384. The molecule has 0 aromatic carbocycles. The number of nitrogens with two attached hydrogens (primary N) is 1. The van der Waals surface area contributed by atoms with Gasteiger partial charge in [-0.25, -0.2) is 4.98 Å². The van der Waals surface area contributed by atoms with Crippen LogP contribution in [-0.2, 0) is 0 Å². The number of aromatic nitrogens is 1. The summed E-state index contributed by atoms with van der Waals surface area (Å²) in [6.45, 7) is 0.828. The molecular formula is C10H14N4O2S. The zero-order valence-electron chi connectivity index (χ0n) is 9.26. The van der Waals surface area contributed by atoms with Crippen molar-refractivity contribution in [2.45, 2.75) is 18.1 Å². The monoisotopic (exact) mass is 254 g/mol. The number of hydrogen-bond acceptors (Lipinski definition) is 6. The van der Waals surface area contributed by atoms with E-state index in [1.165, 1.54) is 24.7 Å². The lowest BCUT2D eigenvalue weighted by atomic mass is 10.2. The smallest absolute Gasteiger partial charge is 0.311 e. The van der Waals surface area contributed by atoms with Crippen LogP contribution in [0.5, 0.6) is 0 Å². The average molecular weight is 254 g/mol. The molecule has 1 aliphatic heterocycles. The van der Waals surface area contributed by atoms with Crippen LogP contribution in [0.4, 0.5) is 17.3 Å². The summed E-state index contributed by atoms with van der Waals surface area (Å²) in [5.41, 5.74) is 5.36. The number of thioether (sulfide) groups is 1. The number of anilines is 2. The number of nitro groups is 1. The Balaban J connectivity index is 1.97. The summed E-state index contributed by atoms with van der Waals surface area (Å²) >= 11 is 1.94. The van der Waals surface area contributed by atoms with Gasteiger partial charge in [-0.05, 0) is 24.7 Å². The number of nitrogens with zero attached hydrogens (tertiary/aromatic N) is 2. The van der Waals surface area contributed by atoms with Crippen LogP contribution in [0.2, 0.25) is 0 Å². The number of rotatable bonds is 4. The predicted molar refractivity (Wildman–Crippen MR) is 69.3 cm³/mol. The third kappa shape index (κ3) is 3.00. The third-order valence-corrected chi connectivity index (χ3v) is 4.03. The predicted octanol–water partition coefficient (Wildman–Crippen LogP) is 1.88. The Kier molecular flexibility index (Phi) is 3.68. The lowest BCUT2D eigenvalue weighted by Crippen LogP contribution is -2.14. The van der Waals surface area contributed by atoms with Crippen LogP contribution in [0.1, 0.15) is 12.8 Å². The first kappa shape index (κ1) is 12.0. The first-order valence-electron chi connectivity index (χ1n) is 5.43. The molecule has 0 bridgehead atoms. The molecule has 3 N–H and O–H groups in total. The minimum absolute atomic E-state index is 0.0425. The van der Waals surface area contributed by atoms with Gasteiger partial charge in [-0.2, -0.15) is 11.8 Å².